The molecule has 8 nitrogen and oxygen atoms in total. The number of nitrogens with zero attached hydrogens (tertiary/aromatic N) is 3. The predicted octanol–water partition coefficient (Wildman–Crippen LogP) is 4.94. The third-order valence-corrected chi connectivity index (χ3v) is 8.79. The quantitative estimate of drug-likeness (QED) is 0.450. The lowest BCUT2D eigenvalue weighted by molar-refractivity contribution is -0.114. The first-order valence-corrected chi connectivity index (χ1v) is 13.8. The Morgan fingerprint density at radius 2 is 1.57 bits per heavy atom. The highest BCUT2D eigenvalue weighted by Crippen LogP contribution is 2.50. The van der Waals surface area contributed by atoms with Gasteiger partial charge in [-0.3, -0.25) is 14.5 Å². The van der Waals surface area contributed by atoms with Crippen LogP contribution in [0.4, 0.5) is 16.2 Å². The van der Waals surface area contributed by atoms with Crippen molar-refractivity contribution in [3.63, 3.8) is 0 Å². The van der Waals surface area contributed by atoms with Crippen LogP contribution in [0.1, 0.15) is 53.2 Å². The number of anilines is 2. The Hall–Kier alpha value is -4.17. The van der Waals surface area contributed by atoms with E-state index in [0.717, 1.165) is 42.6 Å². The van der Waals surface area contributed by atoms with E-state index >= 15 is 0 Å². The Bertz CT molecular complexity index is 1450. The van der Waals surface area contributed by atoms with Crippen molar-refractivity contribution in [3.05, 3.63) is 89.5 Å². The molecular weight excluding hydrogens is 504 g/mol. The average Bonchev–Trinajstić information content (AvgIpc) is 3.39. The average molecular weight is 539 g/mol. The Labute approximate surface area is 234 Å². The predicted molar refractivity (Wildman–Crippen MR) is 154 cm³/mol. The van der Waals surface area contributed by atoms with Gasteiger partial charge < -0.3 is 19.9 Å². The molecule has 1 aliphatic carbocycles. The third kappa shape index (κ3) is 4.23. The van der Waals surface area contributed by atoms with Gasteiger partial charge in [-0.2, -0.15) is 0 Å². The van der Waals surface area contributed by atoms with Crippen LogP contribution in [-0.4, -0.2) is 55.4 Å². The molecule has 0 bridgehead atoms. The molecular formula is C32H34N4O4. The molecule has 8 heteroatoms. The van der Waals surface area contributed by atoms with Gasteiger partial charge in [-0.1, -0.05) is 48.5 Å². The van der Waals surface area contributed by atoms with Gasteiger partial charge in [0.15, 0.2) is 0 Å². The SMILES string of the molecule is COc1ccc(CN2C(=O)C(=O)c3c2cccc3N2C(=O)NC3(CCC(N(C)C)CC3)C2c2ccccc2)cc1. The van der Waals surface area contributed by atoms with Crippen LogP contribution >= 0.6 is 0 Å². The van der Waals surface area contributed by atoms with Crippen LogP contribution < -0.4 is 19.9 Å². The summed E-state index contributed by atoms with van der Waals surface area (Å²) in [6.45, 7) is 0.245. The maximum Gasteiger partial charge on any atom is 0.323 e. The number of rotatable bonds is 6. The Balaban J connectivity index is 1.41. The summed E-state index contributed by atoms with van der Waals surface area (Å²) < 4.78 is 5.25. The molecule has 1 saturated carbocycles. The van der Waals surface area contributed by atoms with Crippen LogP contribution in [-0.2, 0) is 11.3 Å². The molecule has 2 heterocycles. The summed E-state index contributed by atoms with van der Waals surface area (Å²) in [4.78, 5) is 46.2. The third-order valence-electron chi connectivity index (χ3n) is 8.79. The number of hydrogen-bond acceptors (Lipinski definition) is 5. The summed E-state index contributed by atoms with van der Waals surface area (Å²) >= 11 is 0. The van der Waals surface area contributed by atoms with Crippen molar-refractivity contribution in [2.24, 2.45) is 0 Å². The molecule has 1 spiro atoms. The highest BCUT2D eigenvalue weighted by atomic mass is 16.5. The molecule has 206 valence electrons. The summed E-state index contributed by atoms with van der Waals surface area (Å²) in [5, 5.41) is 3.35. The van der Waals surface area contributed by atoms with Crippen LogP contribution in [0.5, 0.6) is 5.75 Å². The summed E-state index contributed by atoms with van der Waals surface area (Å²) in [5.74, 6) is -0.456. The summed E-state index contributed by atoms with van der Waals surface area (Å²) in [7, 11) is 5.81. The molecule has 1 unspecified atom stereocenters. The summed E-state index contributed by atoms with van der Waals surface area (Å²) in [6, 6.07) is 22.8. The number of hydrogen-bond donors (Lipinski definition) is 1. The van der Waals surface area contributed by atoms with E-state index in [0.29, 0.717) is 17.4 Å². The molecule has 3 aromatic carbocycles. The number of carbonyl (C=O) groups is 3. The van der Waals surface area contributed by atoms with E-state index in [1.807, 2.05) is 60.7 Å². The van der Waals surface area contributed by atoms with Crippen molar-refractivity contribution in [2.45, 2.75) is 49.9 Å². The van der Waals surface area contributed by atoms with E-state index in [4.69, 9.17) is 4.74 Å². The summed E-state index contributed by atoms with van der Waals surface area (Å²) in [5.41, 5.74) is 2.70. The number of nitrogens with one attached hydrogen (secondary N) is 1. The first-order valence-electron chi connectivity index (χ1n) is 13.8. The minimum atomic E-state index is -0.588. The molecule has 6 rings (SSSR count). The number of Topliss-reactive ketones (excluding diaryl/α,β-unsaturated/α-hetero) is 1. The van der Waals surface area contributed by atoms with Crippen LogP contribution in [0.15, 0.2) is 72.8 Å². The Morgan fingerprint density at radius 1 is 0.900 bits per heavy atom. The molecule has 3 amide bonds. The maximum absolute atomic E-state index is 13.9. The second kappa shape index (κ2) is 10.1. The van der Waals surface area contributed by atoms with Crippen LogP contribution in [0.3, 0.4) is 0 Å². The van der Waals surface area contributed by atoms with E-state index in [1.165, 1.54) is 4.90 Å². The van der Waals surface area contributed by atoms with Crippen molar-refractivity contribution in [2.75, 3.05) is 31.0 Å². The van der Waals surface area contributed by atoms with Crippen molar-refractivity contribution < 1.29 is 19.1 Å². The van der Waals surface area contributed by atoms with Crippen LogP contribution in [0.2, 0.25) is 0 Å². The highest BCUT2D eigenvalue weighted by molar-refractivity contribution is 6.53. The Morgan fingerprint density at radius 3 is 2.23 bits per heavy atom. The smallest absolute Gasteiger partial charge is 0.323 e. The van der Waals surface area contributed by atoms with E-state index < -0.39 is 17.2 Å². The number of carbonyl (C=O) groups excluding carboxylic acids is 3. The molecule has 1 atom stereocenters. The normalized spacial score (nSPS) is 24.1. The standard InChI is InChI=1S/C32H34N4O4/c1-34(2)23-16-18-32(19-17-23)29(22-8-5-4-6-9-22)36(31(39)33-32)26-11-7-10-25-27(26)28(37)30(38)35(25)20-21-12-14-24(40-3)15-13-21/h4-15,23,29H,16-20H2,1-3H3,(H,33,39). The molecule has 40 heavy (non-hydrogen) atoms. The second-order valence-corrected chi connectivity index (χ2v) is 11.2. The van der Waals surface area contributed by atoms with Gasteiger partial charge in [0.25, 0.3) is 11.7 Å². The van der Waals surface area contributed by atoms with E-state index in [-0.39, 0.29) is 24.2 Å². The second-order valence-electron chi connectivity index (χ2n) is 11.2. The number of ketones is 1. The molecule has 3 aromatic rings. The van der Waals surface area contributed by atoms with Crippen molar-refractivity contribution in [3.8, 4) is 5.75 Å². The first-order chi connectivity index (χ1) is 19.3. The molecule has 0 radical (unpaired) electrons. The fraction of sp³-hybridized carbons (Fsp3) is 0.344. The maximum atomic E-state index is 13.9. The first kappa shape index (κ1) is 26.1. The topological polar surface area (TPSA) is 82.2 Å². The summed E-state index contributed by atoms with van der Waals surface area (Å²) in [6.07, 6.45) is 3.57. The van der Waals surface area contributed by atoms with E-state index in [9.17, 15) is 14.4 Å². The minimum absolute atomic E-state index is 0.237. The lowest BCUT2D eigenvalue weighted by atomic mass is 9.73. The molecule has 0 aromatic heterocycles. The fourth-order valence-corrected chi connectivity index (χ4v) is 6.69. The molecule has 1 saturated heterocycles. The molecule has 2 aliphatic heterocycles. The number of fused-ring (bicyclic) bond motifs is 1. The van der Waals surface area contributed by atoms with Crippen molar-refractivity contribution in [1.82, 2.24) is 10.2 Å². The van der Waals surface area contributed by atoms with Gasteiger partial charge in [0, 0.05) is 6.04 Å². The van der Waals surface area contributed by atoms with Gasteiger partial charge in [0.1, 0.15) is 5.75 Å². The number of amides is 3. The van der Waals surface area contributed by atoms with Gasteiger partial charge in [-0.15, -0.1) is 0 Å². The minimum Gasteiger partial charge on any atom is -0.497 e. The number of urea groups is 1. The van der Waals surface area contributed by atoms with Gasteiger partial charge in [-0.05, 0) is 75.2 Å². The largest absolute Gasteiger partial charge is 0.497 e. The molecule has 2 fully saturated rings. The fourth-order valence-electron chi connectivity index (χ4n) is 6.69. The van der Waals surface area contributed by atoms with Crippen molar-refractivity contribution in [1.29, 1.82) is 0 Å². The molecule has 1 N–H and O–H groups in total. The lowest BCUT2D eigenvalue weighted by Crippen LogP contribution is -2.50. The van der Waals surface area contributed by atoms with E-state index in [2.05, 4.69) is 24.3 Å². The zero-order chi connectivity index (χ0) is 28.0. The van der Waals surface area contributed by atoms with Gasteiger partial charge in [0.2, 0.25) is 0 Å². The molecule has 3 aliphatic rings. The zero-order valence-corrected chi connectivity index (χ0v) is 23.1. The Kier molecular flexibility index (Phi) is 6.58. The van der Waals surface area contributed by atoms with Gasteiger partial charge in [0.05, 0.1) is 42.2 Å². The van der Waals surface area contributed by atoms with Crippen LogP contribution in [0, 0.1) is 0 Å². The number of ether oxygens (including phenoxy) is 1. The zero-order valence-electron chi connectivity index (χ0n) is 23.1. The van der Waals surface area contributed by atoms with Crippen molar-refractivity contribution >= 4 is 29.1 Å². The number of benzene rings is 3. The monoisotopic (exact) mass is 538 g/mol. The van der Waals surface area contributed by atoms with Gasteiger partial charge >= 0.3 is 6.03 Å². The van der Waals surface area contributed by atoms with E-state index in [1.54, 1.807) is 24.1 Å². The highest BCUT2D eigenvalue weighted by Gasteiger charge is 2.55. The lowest BCUT2D eigenvalue weighted by Gasteiger charge is -2.43. The van der Waals surface area contributed by atoms with Gasteiger partial charge in [-0.25, -0.2) is 4.79 Å². The number of methoxy groups -OCH3 is 1. The van der Waals surface area contributed by atoms with Crippen LogP contribution in [0.25, 0.3) is 0 Å².